The van der Waals surface area contributed by atoms with Crippen molar-refractivity contribution in [1.29, 1.82) is 5.26 Å². The third-order valence-corrected chi connectivity index (χ3v) is 10.6. The second-order valence-electron chi connectivity index (χ2n) is 11.7. The smallest absolute Gasteiger partial charge is 0.272 e. The second-order valence-corrected chi connectivity index (χ2v) is 14.0. The molecule has 4 amide bonds. The lowest BCUT2D eigenvalue weighted by Gasteiger charge is -2.25. The average Bonchev–Trinajstić information content (AvgIpc) is 3.50. The summed E-state index contributed by atoms with van der Waals surface area (Å²) in [4.78, 5) is 56.0. The van der Waals surface area contributed by atoms with E-state index in [-0.39, 0.29) is 17.5 Å². The maximum atomic E-state index is 14.0. The van der Waals surface area contributed by atoms with E-state index in [1.807, 2.05) is 72.8 Å². The van der Waals surface area contributed by atoms with Gasteiger partial charge in [-0.2, -0.15) is 5.26 Å². The van der Waals surface area contributed by atoms with Crippen molar-refractivity contribution in [3.63, 3.8) is 0 Å². The van der Waals surface area contributed by atoms with Crippen LogP contribution in [0, 0.1) is 11.3 Å². The van der Waals surface area contributed by atoms with Gasteiger partial charge >= 0.3 is 0 Å². The Morgan fingerprint density at radius 3 is 2.25 bits per heavy atom. The van der Waals surface area contributed by atoms with Crippen LogP contribution in [0.2, 0.25) is 0 Å². The second kappa shape index (κ2) is 16.2. The Labute approximate surface area is 304 Å². The predicted octanol–water partition coefficient (Wildman–Crippen LogP) is 7.41. The number of hydrogen-bond acceptors (Lipinski definition) is 7. The summed E-state index contributed by atoms with van der Waals surface area (Å²) in [5.74, 6) is -1.28. The largest absolute Gasteiger partial charge is 0.337 e. The van der Waals surface area contributed by atoms with Gasteiger partial charge in [-0.3, -0.25) is 19.2 Å². The summed E-state index contributed by atoms with van der Waals surface area (Å²) < 4.78 is 0. The maximum Gasteiger partial charge on any atom is 0.272 e. The molecule has 2 heterocycles. The van der Waals surface area contributed by atoms with E-state index in [1.54, 1.807) is 53.4 Å². The highest BCUT2D eigenvalue weighted by Gasteiger charge is 2.29. The average molecular weight is 712 g/mol. The van der Waals surface area contributed by atoms with Crippen molar-refractivity contribution < 1.29 is 19.2 Å². The Balaban J connectivity index is 1.23. The number of hydrogen-bond donors (Lipinski definition) is 3. The molecular weight excluding hydrogens is 679 g/mol. The van der Waals surface area contributed by atoms with Gasteiger partial charge in [-0.05, 0) is 59.5 Å². The van der Waals surface area contributed by atoms with E-state index < -0.39 is 17.1 Å². The molecule has 0 aliphatic carbocycles. The molecule has 3 N–H and O–H groups in total. The third kappa shape index (κ3) is 8.62. The quantitative estimate of drug-likeness (QED) is 0.102. The molecule has 0 saturated heterocycles. The van der Waals surface area contributed by atoms with Crippen molar-refractivity contribution in [2.75, 3.05) is 17.2 Å². The van der Waals surface area contributed by atoms with E-state index in [1.165, 1.54) is 30.0 Å². The van der Waals surface area contributed by atoms with Crippen molar-refractivity contribution in [2.24, 2.45) is 0 Å². The van der Waals surface area contributed by atoms with Gasteiger partial charge in [0.15, 0.2) is 0 Å². The Morgan fingerprint density at radius 2 is 1.57 bits per heavy atom. The first-order chi connectivity index (χ1) is 24.8. The monoisotopic (exact) mass is 711 g/mol. The summed E-state index contributed by atoms with van der Waals surface area (Å²) in [6, 6.07) is 36.6. The van der Waals surface area contributed by atoms with Crippen molar-refractivity contribution in [3.8, 4) is 6.07 Å². The Hall–Kier alpha value is -5.96. The molecule has 11 heteroatoms. The number of fused-ring (bicyclic) bond motifs is 1. The first-order valence-corrected chi connectivity index (χ1v) is 17.9. The van der Waals surface area contributed by atoms with Gasteiger partial charge in [0.1, 0.15) is 22.0 Å². The Kier molecular flexibility index (Phi) is 11.1. The zero-order valence-electron chi connectivity index (χ0n) is 27.6. The minimum atomic E-state index is -0.699. The number of rotatable bonds is 10. The molecule has 0 spiro atoms. The van der Waals surface area contributed by atoms with Crippen molar-refractivity contribution in [2.45, 2.75) is 30.0 Å². The van der Waals surface area contributed by atoms with E-state index in [0.717, 1.165) is 21.6 Å². The van der Waals surface area contributed by atoms with Gasteiger partial charge in [0.05, 0.1) is 12.1 Å². The Morgan fingerprint density at radius 1 is 0.882 bits per heavy atom. The lowest BCUT2D eigenvalue weighted by atomic mass is 10.0. The molecule has 1 atom stereocenters. The van der Waals surface area contributed by atoms with Crippen LogP contribution in [0.1, 0.15) is 49.7 Å². The highest BCUT2D eigenvalue weighted by molar-refractivity contribution is 8.00. The van der Waals surface area contributed by atoms with Gasteiger partial charge in [0.2, 0.25) is 11.8 Å². The summed E-state index contributed by atoms with van der Waals surface area (Å²) >= 11 is 2.63. The number of benzene rings is 4. The molecular formula is C40H33N5O4S2. The van der Waals surface area contributed by atoms with Crippen LogP contribution in [0.15, 0.2) is 126 Å². The van der Waals surface area contributed by atoms with Crippen LogP contribution in [0.5, 0.6) is 0 Å². The summed E-state index contributed by atoms with van der Waals surface area (Å²) in [6.07, 6.45) is 2.16. The summed E-state index contributed by atoms with van der Waals surface area (Å²) in [7, 11) is 0. The van der Waals surface area contributed by atoms with E-state index in [9.17, 15) is 24.4 Å². The van der Waals surface area contributed by atoms with Gasteiger partial charge in [-0.25, -0.2) is 0 Å². The molecule has 0 saturated carbocycles. The molecule has 0 bridgehead atoms. The molecule has 1 aromatic heterocycles. The molecule has 254 valence electrons. The number of nitrogens with zero attached hydrogens (tertiary/aromatic N) is 2. The topological polar surface area (TPSA) is 131 Å². The lowest BCUT2D eigenvalue weighted by Crippen LogP contribution is -2.33. The fraction of sp³-hybridized carbons (Fsp3) is 0.125. The number of thioether (sulfide) groups is 1. The standard InChI is InChI=1S/C40H33N5O4S2/c1-26(46)45-21-20-32-33(24-41)40(51-35(32)25-45)44-39(49)36(28-14-7-3-8-15-28)50-31-19-11-18-30(23-31)42-38(48)34(22-27-12-5-2-6-13-27)43-37(47)29-16-9-4-10-17-29/h2-19,22-23,36H,20-21,25H2,1H3,(H,42,48)(H,43,47)(H,44,49)/b34-22-. The molecule has 5 aromatic rings. The van der Waals surface area contributed by atoms with E-state index in [2.05, 4.69) is 22.0 Å². The van der Waals surface area contributed by atoms with Gasteiger partial charge in [0.25, 0.3) is 11.8 Å². The molecule has 1 aliphatic rings. The molecule has 51 heavy (non-hydrogen) atoms. The summed E-state index contributed by atoms with van der Waals surface area (Å²) in [6.45, 7) is 2.46. The summed E-state index contributed by atoms with van der Waals surface area (Å²) in [5, 5.41) is 18.5. The molecule has 1 aliphatic heterocycles. The zero-order chi connectivity index (χ0) is 35.7. The lowest BCUT2D eigenvalue weighted by molar-refractivity contribution is -0.129. The number of carbonyl (C=O) groups is 4. The van der Waals surface area contributed by atoms with Crippen LogP contribution in [0.4, 0.5) is 10.7 Å². The first kappa shape index (κ1) is 34.9. The predicted molar refractivity (Wildman–Crippen MR) is 201 cm³/mol. The highest BCUT2D eigenvalue weighted by atomic mass is 32.2. The fourth-order valence-electron chi connectivity index (χ4n) is 5.60. The molecule has 0 radical (unpaired) electrons. The van der Waals surface area contributed by atoms with Crippen LogP contribution < -0.4 is 16.0 Å². The molecule has 0 fully saturated rings. The van der Waals surface area contributed by atoms with Gasteiger partial charge < -0.3 is 20.9 Å². The Bertz CT molecular complexity index is 2140. The molecule has 6 rings (SSSR count). The summed E-state index contributed by atoms with van der Waals surface area (Å²) in [5.41, 5.74) is 3.75. The van der Waals surface area contributed by atoms with Crippen LogP contribution in [-0.2, 0) is 27.3 Å². The highest BCUT2D eigenvalue weighted by Crippen LogP contribution is 2.40. The van der Waals surface area contributed by atoms with Crippen LogP contribution in [0.3, 0.4) is 0 Å². The fourth-order valence-corrected chi connectivity index (χ4v) is 7.90. The number of nitriles is 1. The van der Waals surface area contributed by atoms with Crippen molar-refractivity contribution in [3.05, 3.63) is 154 Å². The third-order valence-electron chi connectivity index (χ3n) is 8.18. The van der Waals surface area contributed by atoms with Crippen LogP contribution in [-0.4, -0.2) is 35.1 Å². The van der Waals surface area contributed by atoms with Gasteiger partial charge in [-0.1, -0.05) is 84.9 Å². The number of amides is 4. The van der Waals surface area contributed by atoms with E-state index in [0.29, 0.717) is 46.2 Å². The normalized spacial score (nSPS) is 12.9. The molecule has 1 unspecified atom stereocenters. The van der Waals surface area contributed by atoms with Gasteiger partial charge in [0, 0.05) is 34.5 Å². The van der Waals surface area contributed by atoms with Gasteiger partial charge in [-0.15, -0.1) is 23.1 Å². The minimum absolute atomic E-state index is 0.0301. The van der Waals surface area contributed by atoms with Crippen LogP contribution >= 0.6 is 23.1 Å². The number of anilines is 2. The van der Waals surface area contributed by atoms with Crippen molar-refractivity contribution >= 4 is 63.5 Å². The zero-order valence-corrected chi connectivity index (χ0v) is 29.2. The van der Waals surface area contributed by atoms with E-state index >= 15 is 0 Å². The molecule has 4 aromatic carbocycles. The maximum absolute atomic E-state index is 14.0. The first-order valence-electron chi connectivity index (χ1n) is 16.2. The van der Waals surface area contributed by atoms with E-state index in [4.69, 9.17) is 0 Å². The number of thiophene rings is 1. The SMILES string of the molecule is CC(=O)N1CCc2c(sc(NC(=O)C(Sc3cccc(NC(=O)/C(=C/c4ccccc4)NC(=O)c4ccccc4)c3)c3ccccc3)c2C#N)C1. The molecule has 9 nitrogen and oxygen atoms in total. The minimum Gasteiger partial charge on any atom is -0.337 e. The number of nitrogens with one attached hydrogen (secondary N) is 3. The van der Waals surface area contributed by atoms with Crippen LogP contribution in [0.25, 0.3) is 6.08 Å². The number of carbonyl (C=O) groups excluding carboxylic acids is 4. The van der Waals surface area contributed by atoms with Crippen molar-refractivity contribution in [1.82, 2.24) is 10.2 Å².